The van der Waals surface area contributed by atoms with Crippen LogP contribution >= 0.6 is 0 Å². The monoisotopic (exact) mass is 325 g/mol. The molecule has 132 valence electrons. The number of piperidine rings is 1. The maximum atomic E-state index is 12.6. The number of likely N-dealkylation sites (tertiary alicyclic amines) is 1. The summed E-state index contributed by atoms with van der Waals surface area (Å²) in [5.41, 5.74) is 0. The van der Waals surface area contributed by atoms with E-state index in [2.05, 4.69) is 0 Å². The summed E-state index contributed by atoms with van der Waals surface area (Å²) >= 11 is 0. The van der Waals surface area contributed by atoms with Gasteiger partial charge < -0.3 is 14.7 Å². The van der Waals surface area contributed by atoms with Crippen molar-refractivity contribution in [2.24, 2.45) is 5.92 Å². The van der Waals surface area contributed by atoms with Crippen LogP contribution in [0.4, 0.5) is 0 Å². The fourth-order valence-electron chi connectivity index (χ4n) is 3.81. The lowest BCUT2D eigenvalue weighted by molar-refractivity contribution is -0.148. The van der Waals surface area contributed by atoms with E-state index in [1.807, 2.05) is 11.8 Å². The van der Waals surface area contributed by atoms with Crippen LogP contribution in [0.5, 0.6) is 0 Å². The van der Waals surface area contributed by atoms with Gasteiger partial charge in [-0.25, -0.2) is 0 Å². The number of carbonyl (C=O) groups excluding carboxylic acids is 1. The van der Waals surface area contributed by atoms with Gasteiger partial charge in [-0.15, -0.1) is 0 Å². The molecule has 0 aromatic heterocycles. The molecule has 0 aromatic rings. The summed E-state index contributed by atoms with van der Waals surface area (Å²) in [6, 6.07) is 0. The summed E-state index contributed by atoms with van der Waals surface area (Å²) < 4.78 is 6.03. The van der Waals surface area contributed by atoms with Gasteiger partial charge in [-0.05, 0) is 44.9 Å². The molecule has 5 nitrogen and oxygen atoms in total. The number of carboxylic acid groups (broad SMARTS) is 1. The molecule has 2 fully saturated rings. The molecule has 0 unspecified atom stereocenters. The number of hydrogen-bond donors (Lipinski definition) is 1. The number of carbonyl (C=O) groups is 2. The molecule has 1 aliphatic heterocycles. The standard InChI is InChI=1S/C18H31NO4/c1-14(23-16-8-4-2-3-5-9-16)18(22)19-12-6-7-15(13-19)10-11-17(20)21/h14-16H,2-13H2,1H3,(H,20,21)/t14-,15-/m1/s1. The third-order valence-electron chi connectivity index (χ3n) is 5.14. The number of nitrogens with zero attached hydrogens (tertiary/aromatic N) is 1. The van der Waals surface area contributed by atoms with E-state index in [-0.39, 0.29) is 24.5 Å². The highest BCUT2D eigenvalue weighted by atomic mass is 16.5. The Morgan fingerprint density at radius 3 is 2.48 bits per heavy atom. The fraction of sp³-hybridized carbons (Fsp3) is 0.889. The lowest BCUT2D eigenvalue weighted by Crippen LogP contribution is -2.45. The number of ether oxygens (including phenoxy) is 1. The van der Waals surface area contributed by atoms with Gasteiger partial charge >= 0.3 is 5.97 Å². The van der Waals surface area contributed by atoms with Crippen LogP contribution in [0, 0.1) is 5.92 Å². The van der Waals surface area contributed by atoms with E-state index in [4.69, 9.17) is 9.84 Å². The molecular formula is C18H31NO4. The van der Waals surface area contributed by atoms with Crippen LogP contribution in [0.15, 0.2) is 0 Å². The van der Waals surface area contributed by atoms with Gasteiger partial charge in [0.25, 0.3) is 5.91 Å². The minimum Gasteiger partial charge on any atom is -0.481 e. The van der Waals surface area contributed by atoms with Crippen molar-refractivity contribution in [1.29, 1.82) is 0 Å². The first kappa shape index (κ1) is 18.2. The average Bonchev–Trinajstić information content (AvgIpc) is 2.81. The highest BCUT2D eigenvalue weighted by Gasteiger charge is 2.29. The summed E-state index contributed by atoms with van der Waals surface area (Å²) in [6.07, 6.45) is 9.79. The highest BCUT2D eigenvalue weighted by molar-refractivity contribution is 5.80. The number of aliphatic carboxylic acids is 1. The van der Waals surface area contributed by atoms with E-state index < -0.39 is 5.97 Å². The zero-order chi connectivity index (χ0) is 16.7. The van der Waals surface area contributed by atoms with Crippen molar-refractivity contribution >= 4 is 11.9 Å². The Bertz CT molecular complexity index is 390. The van der Waals surface area contributed by atoms with E-state index in [1.165, 1.54) is 25.7 Å². The molecule has 0 spiro atoms. The molecule has 2 rings (SSSR count). The normalized spacial score (nSPS) is 24.9. The van der Waals surface area contributed by atoms with Crippen molar-refractivity contribution in [3.05, 3.63) is 0 Å². The quantitative estimate of drug-likeness (QED) is 0.762. The van der Waals surface area contributed by atoms with E-state index >= 15 is 0 Å². The van der Waals surface area contributed by atoms with Gasteiger partial charge in [0, 0.05) is 19.5 Å². The van der Waals surface area contributed by atoms with Crippen LogP contribution in [0.2, 0.25) is 0 Å². The Labute approximate surface area is 139 Å². The lowest BCUT2D eigenvalue weighted by atomic mass is 9.93. The van der Waals surface area contributed by atoms with Crippen molar-refractivity contribution in [3.8, 4) is 0 Å². The molecule has 0 aromatic carbocycles. The van der Waals surface area contributed by atoms with Crippen LogP contribution in [0.1, 0.15) is 71.1 Å². The Kier molecular flexibility index (Phi) is 7.34. The molecule has 2 atom stereocenters. The predicted molar refractivity (Wildman–Crippen MR) is 88.2 cm³/mol. The average molecular weight is 325 g/mol. The molecule has 1 saturated carbocycles. The van der Waals surface area contributed by atoms with Crippen LogP contribution in [-0.4, -0.2) is 47.2 Å². The van der Waals surface area contributed by atoms with Crippen LogP contribution in [-0.2, 0) is 14.3 Å². The predicted octanol–water partition coefficient (Wildman–Crippen LogP) is 3.22. The van der Waals surface area contributed by atoms with Crippen LogP contribution < -0.4 is 0 Å². The Morgan fingerprint density at radius 1 is 1.13 bits per heavy atom. The second-order valence-corrected chi connectivity index (χ2v) is 7.12. The van der Waals surface area contributed by atoms with Crippen molar-refractivity contribution in [2.75, 3.05) is 13.1 Å². The Balaban J connectivity index is 1.79. The van der Waals surface area contributed by atoms with E-state index in [0.717, 1.165) is 32.2 Å². The Morgan fingerprint density at radius 2 is 1.83 bits per heavy atom. The minimum absolute atomic E-state index is 0.0780. The summed E-state index contributed by atoms with van der Waals surface area (Å²) in [7, 11) is 0. The van der Waals surface area contributed by atoms with Crippen LogP contribution in [0.25, 0.3) is 0 Å². The third-order valence-corrected chi connectivity index (χ3v) is 5.14. The zero-order valence-electron chi connectivity index (χ0n) is 14.3. The van der Waals surface area contributed by atoms with Gasteiger partial charge in [0.05, 0.1) is 6.10 Å². The van der Waals surface area contributed by atoms with Gasteiger partial charge in [-0.2, -0.15) is 0 Å². The minimum atomic E-state index is -0.751. The zero-order valence-corrected chi connectivity index (χ0v) is 14.3. The Hall–Kier alpha value is -1.10. The maximum Gasteiger partial charge on any atom is 0.303 e. The van der Waals surface area contributed by atoms with Crippen molar-refractivity contribution in [1.82, 2.24) is 4.90 Å². The van der Waals surface area contributed by atoms with Gasteiger partial charge in [0.1, 0.15) is 6.10 Å². The number of hydrogen-bond acceptors (Lipinski definition) is 3. The summed E-state index contributed by atoms with van der Waals surface area (Å²) in [6.45, 7) is 3.33. The smallest absolute Gasteiger partial charge is 0.303 e. The molecule has 0 radical (unpaired) electrons. The molecule has 1 amide bonds. The summed E-state index contributed by atoms with van der Waals surface area (Å²) in [4.78, 5) is 25.2. The van der Waals surface area contributed by atoms with Crippen molar-refractivity contribution < 1.29 is 19.4 Å². The molecule has 5 heteroatoms. The fourth-order valence-corrected chi connectivity index (χ4v) is 3.81. The van der Waals surface area contributed by atoms with Gasteiger partial charge in [0.2, 0.25) is 0 Å². The summed E-state index contributed by atoms with van der Waals surface area (Å²) in [5, 5.41) is 8.81. The molecule has 0 bridgehead atoms. The SMILES string of the molecule is C[C@@H](OC1CCCCCC1)C(=O)N1CCC[C@H](CCC(=O)O)C1. The number of carboxylic acids is 1. The molecule has 1 saturated heterocycles. The first-order valence-corrected chi connectivity index (χ1v) is 9.22. The molecule has 1 heterocycles. The molecule has 23 heavy (non-hydrogen) atoms. The number of rotatable bonds is 6. The van der Waals surface area contributed by atoms with E-state index in [1.54, 1.807) is 0 Å². The topological polar surface area (TPSA) is 66.8 Å². The largest absolute Gasteiger partial charge is 0.481 e. The van der Waals surface area contributed by atoms with Crippen molar-refractivity contribution in [3.63, 3.8) is 0 Å². The summed E-state index contributed by atoms with van der Waals surface area (Å²) in [5.74, 6) is -0.360. The second-order valence-electron chi connectivity index (χ2n) is 7.12. The third kappa shape index (κ3) is 6.13. The molecular weight excluding hydrogens is 294 g/mol. The highest BCUT2D eigenvalue weighted by Crippen LogP contribution is 2.24. The van der Waals surface area contributed by atoms with Crippen molar-refractivity contribution in [2.45, 2.75) is 83.3 Å². The maximum absolute atomic E-state index is 12.6. The second kappa shape index (κ2) is 9.26. The number of amides is 1. The van der Waals surface area contributed by atoms with E-state index in [9.17, 15) is 9.59 Å². The van der Waals surface area contributed by atoms with Gasteiger partial charge in [0.15, 0.2) is 0 Å². The molecule has 1 N–H and O–H groups in total. The first-order valence-electron chi connectivity index (χ1n) is 9.22. The van der Waals surface area contributed by atoms with Gasteiger partial charge in [-0.1, -0.05) is 25.7 Å². The molecule has 1 aliphatic carbocycles. The van der Waals surface area contributed by atoms with Gasteiger partial charge in [-0.3, -0.25) is 9.59 Å². The lowest BCUT2D eigenvalue weighted by Gasteiger charge is -2.35. The van der Waals surface area contributed by atoms with Crippen LogP contribution in [0.3, 0.4) is 0 Å². The first-order chi connectivity index (χ1) is 11.1. The molecule has 2 aliphatic rings. The van der Waals surface area contributed by atoms with E-state index in [0.29, 0.717) is 18.9 Å².